The number of hydrogen-bond donors (Lipinski definition) is 1. The molecule has 0 bridgehead atoms. The van der Waals surface area contributed by atoms with E-state index in [-0.39, 0.29) is 30.6 Å². The molecule has 1 fully saturated rings. The summed E-state index contributed by atoms with van der Waals surface area (Å²) in [5, 5.41) is 11.3. The summed E-state index contributed by atoms with van der Waals surface area (Å²) in [6, 6.07) is 21.4. The molecular weight excluding hydrogens is 482 g/mol. The minimum absolute atomic E-state index is 0.000980. The summed E-state index contributed by atoms with van der Waals surface area (Å²) >= 11 is 0. The van der Waals surface area contributed by atoms with Gasteiger partial charge in [-0.3, -0.25) is 9.59 Å². The summed E-state index contributed by atoms with van der Waals surface area (Å²) in [6.07, 6.45) is 0.000980. The molecule has 1 amide bonds. The van der Waals surface area contributed by atoms with Crippen molar-refractivity contribution >= 4 is 17.4 Å². The molecule has 0 aliphatic carbocycles. The van der Waals surface area contributed by atoms with Crippen molar-refractivity contribution in [3.8, 4) is 11.5 Å². The lowest BCUT2D eigenvalue weighted by molar-refractivity contribution is -0.140. The zero-order valence-corrected chi connectivity index (χ0v) is 22.1. The van der Waals surface area contributed by atoms with Gasteiger partial charge in [-0.25, -0.2) is 0 Å². The van der Waals surface area contributed by atoms with E-state index in [0.717, 1.165) is 5.56 Å². The largest absolute Gasteiger partial charge is 0.507 e. The minimum atomic E-state index is -0.792. The van der Waals surface area contributed by atoms with Crippen LogP contribution in [0.25, 0.3) is 5.76 Å². The van der Waals surface area contributed by atoms with Crippen LogP contribution in [0.5, 0.6) is 11.5 Å². The van der Waals surface area contributed by atoms with E-state index in [1.165, 1.54) is 17.6 Å². The molecule has 1 atom stereocenters. The van der Waals surface area contributed by atoms with Crippen LogP contribution in [0.2, 0.25) is 0 Å². The maximum atomic E-state index is 13.2. The number of aryl methyl sites for hydroxylation is 1. The van der Waals surface area contributed by atoms with Crippen LogP contribution in [0.1, 0.15) is 42.1 Å². The third kappa shape index (κ3) is 6.06. The fourth-order valence-electron chi connectivity index (χ4n) is 4.39. The number of nitrogens with zero attached hydrogens (tertiary/aromatic N) is 1. The van der Waals surface area contributed by atoms with Crippen LogP contribution in [0.15, 0.2) is 78.4 Å². The quantitative estimate of drug-likeness (QED) is 0.220. The van der Waals surface area contributed by atoms with Crippen molar-refractivity contribution in [2.24, 2.45) is 0 Å². The molecule has 3 aromatic carbocycles. The molecule has 0 aromatic heterocycles. The maximum Gasteiger partial charge on any atom is 0.295 e. The van der Waals surface area contributed by atoms with E-state index >= 15 is 0 Å². The minimum Gasteiger partial charge on any atom is -0.507 e. The molecular formula is C31H33NO6. The number of aliphatic hydroxyl groups excluding tert-OH is 1. The number of rotatable bonds is 10. The fraction of sp³-hybridized carbons (Fsp3) is 0.290. The smallest absolute Gasteiger partial charge is 0.295 e. The summed E-state index contributed by atoms with van der Waals surface area (Å²) in [6.45, 7) is 6.69. The molecule has 1 aliphatic rings. The first-order valence-electron chi connectivity index (χ1n) is 12.6. The average Bonchev–Trinajstić information content (AvgIpc) is 3.16. The Morgan fingerprint density at radius 2 is 1.68 bits per heavy atom. The van der Waals surface area contributed by atoms with Gasteiger partial charge < -0.3 is 24.2 Å². The second-order valence-corrected chi connectivity index (χ2v) is 9.52. The number of carbonyl (C=O) groups excluding carboxylic acids is 2. The lowest BCUT2D eigenvalue weighted by Gasteiger charge is -2.25. The molecule has 3 aromatic rings. The van der Waals surface area contributed by atoms with Gasteiger partial charge in [0.15, 0.2) is 0 Å². The van der Waals surface area contributed by atoms with E-state index in [9.17, 15) is 14.7 Å². The molecule has 1 heterocycles. The Labute approximate surface area is 223 Å². The van der Waals surface area contributed by atoms with Crippen molar-refractivity contribution in [2.75, 3.05) is 20.3 Å². The molecule has 1 unspecified atom stereocenters. The van der Waals surface area contributed by atoms with E-state index in [1.807, 2.05) is 63.2 Å². The number of benzene rings is 3. The first-order chi connectivity index (χ1) is 18.3. The molecule has 1 N–H and O–H groups in total. The number of ether oxygens (including phenoxy) is 3. The van der Waals surface area contributed by atoms with Gasteiger partial charge in [-0.15, -0.1) is 0 Å². The van der Waals surface area contributed by atoms with Gasteiger partial charge in [0.1, 0.15) is 23.9 Å². The Bertz CT molecular complexity index is 1310. The Hall–Kier alpha value is -4.10. The number of carbonyl (C=O) groups is 2. The van der Waals surface area contributed by atoms with E-state index in [1.54, 1.807) is 30.3 Å². The van der Waals surface area contributed by atoms with Crippen LogP contribution in [-0.2, 0) is 20.9 Å². The van der Waals surface area contributed by atoms with Crippen LogP contribution in [0.4, 0.5) is 0 Å². The number of Topliss-reactive ketones (excluding diaryl/α,β-unsaturated/α-hetero) is 1. The molecule has 7 nitrogen and oxygen atoms in total. The first-order valence-corrected chi connectivity index (χ1v) is 12.6. The van der Waals surface area contributed by atoms with Gasteiger partial charge in [-0.1, -0.05) is 42.0 Å². The van der Waals surface area contributed by atoms with E-state index in [4.69, 9.17) is 14.2 Å². The van der Waals surface area contributed by atoms with Crippen LogP contribution < -0.4 is 9.47 Å². The Balaban J connectivity index is 1.69. The van der Waals surface area contributed by atoms with Crippen molar-refractivity contribution in [3.63, 3.8) is 0 Å². The highest BCUT2D eigenvalue weighted by molar-refractivity contribution is 6.46. The summed E-state index contributed by atoms with van der Waals surface area (Å²) in [5.41, 5.74) is 3.30. The first kappa shape index (κ1) is 26.9. The zero-order valence-electron chi connectivity index (χ0n) is 22.1. The second-order valence-electron chi connectivity index (χ2n) is 9.52. The number of aliphatic hydroxyl groups is 1. The van der Waals surface area contributed by atoms with Gasteiger partial charge >= 0.3 is 0 Å². The highest BCUT2D eigenvalue weighted by atomic mass is 16.5. The summed E-state index contributed by atoms with van der Waals surface area (Å²) < 4.78 is 16.9. The molecule has 0 radical (unpaired) electrons. The van der Waals surface area contributed by atoms with Crippen molar-refractivity contribution in [2.45, 2.75) is 39.5 Å². The lowest BCUT2D eigenvalue weighted by atomic mass is 9.95. The Kier molecular flexibility index (Phi) is 8.48. The number of ketones is 1. The summed E-state index contributed by atoms with van der Waals surface area (Å²) in [7, 11) is 1.53. The van der Waals surface area contributed by atoms with Crippen molar-refractivity contribution in [3.05, 3.63) is 101 Å². The highest BCUT2D eigenvalue weighted by Gasteiger charge is 2.46. The van der Waals surface area contributed by atoms with Crippen molar-refractivity contribution in [1.82, 2.24) is 4.90 Å². The standard InChI is InChI=1S/C31H33NO6/c1-20(2)38-25-14-12-23(13-15-25)29(33)27-28(32(16-17-36-4)31(35)30(27)34)24-6-5-7-26(18-24)37-19-22-10-8-21(3)9-11-22/h5-15,18,20,28,33H,16-17,19H2,1-4H3/b29-27-. The zero-order chi connectivity index (χ0) is 27.2. The molecule has 1 aliphatic heterocycles. The predicted molar refractivity (Wildman–Crippen MR) is 145 cm³/mol. The Morgan fingerprint density at radius 1 is 0.974 bits per heavy atom. The van der Waals surface area contributed by atoms with E-state index in [0.29, 0.717) is 29.2 Å². The fourth-order valence-corrected chi connectivity index (χ4v) is 4.39. The Morgan fingerprint density at radius 3 is 2.34 bits per heavy atom. The summed E-state index contributed by atoms with van der Waals surface area (Å²) in [5.74, 6) is -0.422. The van der Waals surface area contributed by atoms with Crippen molar-refractivity contribution in [1.29, 1.82) is 0 Å². The van der Waals surface area contributed by atoms with Crippen LogP contribution in [0, 0.1) is 6.92 Å². The predicted octanol–water partition coefficient (Wildman–Crippen LogP) is 5.43. The number of amides is 1. The molecule has 4 rings (SSSR count). The van der Waals surface area contributed by atoms with E-state index in [2.05, 4.69) is 0 Å². The lowest BCUT2D eigenvalue weighted by Crippen LogP contribution is -2.32. The van der Waals surface area contributed by atoms with E-state index < -0.39 is 17.7 Å². The topological polar surface area (TPSA) is 85.3 Å². The van der Waals surface area contributed by atoms with Gasteiger partial charge in [0.2, 0.25) is 0 Å². The van der Waals surface area contributed by atoms with Gasteiger partial charge in [-0.05, 0) is 68.3 Å². The maximum absolute atomic E-state index is 13.2. The number of likely N-dealkylation sites (tertiary alicyclic amines) is 1. The monoisotopic (exact) mass is 515 g/mol. The average molecular weight is 516 g/mol. The van der Waals surface area contributed by atoms with Gasteiger partial charge in [0.05, 0.1) is 24.3 Å². The molecule has 198 valence electrons. The third-order valence-electron chi connectivity index (χ3n) is 6.28. The normalized spacial score (nSPS) is 16.8. The number of hydrogen-bond acceptors (Lipinski definition) is 6. The second kappa shape index (κ2) is 12.0. The van der Waals surface area contributed by atoms with Crippen LogP contribution in [0.3, 0.4) is 0 Å². The third-order valence-corrected chi connectivity index (χ3v) is 6.28. The van der Waals surface area contributed by atoms with Gasteiger partial charge in [-0.2, -0.15) is 0 Å². The SMILES string of the molecule is COCCN1C(=O)C(=O)/C(=C(\O)c2ccc(OC(C)C)cc2)C1c1cccc(OCc2ccc(C)cc2)c1. The molecule has 7 heteroatoms. The molecule has 0 spiro atoms. The summed E-state index contributed by atoms with van der Waals surface area (Å²) in [4.78, 5) is 27.7. The molecule has 0 saturated carbocycles. The van der Waals surface area contributed by atoms with Crippen LogP contribution >= 0.6 is 0 Å². The van der Waals surface area contributed by atoms with Gasteiger partial charge in [0, 0.05) is 19.2 Å². The molecule has 1 saturated heterocycles. The van der Waals surface area contributed by atoms with Gasteiger partial charge in [0.25, 0.3) is 11.7 Å². The van der Waals surface area contributed by atoms with Crippen LogP contribution in [-0.4, -0.2) is 48.1 Å². The highest BCUT2D eigenvalue weighted by Crippen LogP contribution is 2.40. The molecule has 38 heavy (non-hydrogen) atoms. The van der Waals surface area contributed by atoms with Crippen molar-refractivity contribution < 1.29 is 28.9 Å². The number of methoxy groups -OCH3 is 1.